The summed E-state index contributed by atoms with van der Waals surface area (Å²) in [6.45, 7) is 4.00. The van der Waals surface area contributed by atoms with Gasteiger partial charge in [-0.05, 0) is 31.2 Å². The van der Waals surface area contributed by atoms with E-state index in [1.165, 1.54) is 0 Å². The number of nitrogens with one attached hydrogen (secondary N) is 1. The highest BCUT2D eigenvalue weighted by Crippen LogP contribution is 2.14. The van der Waals surface area contributed by atoms with E-state index in [9.17, 15) is 0 Å². The second-order valence-corrected chi connectivity index (χ2v) is 2.92. The Labute approximate surface area is 71.5 Å². The first-order chi connectivity index (χ1) is 5.15. The third kappa shape index (κ3) is 1.73. The molecule has 0 saturated carbocycles. The summed E-state index contributed by atoms with van der Waals surface area (Å²) in [6.07, 6.45) is 1.97. The summed E-state index contributed by atoms with van der Waals surface area (Å²) in [7, 11) is 1.90. The topological polar surface area (TPSA) is 29.9 Å². The van der Waals surface area contributed by atoms with Crippen LogP contribution in [0, 0.1) is 6.92 Å². The minimum Gasteiger partial charge on any atom is -0.275 e. The van der Waals surface area contributed by atoms with Gasteiger partial charge in [0.25, 0.3) is 0 Å². The fourth-order valence-electron chi connectivity index (χ4n) is 1.10. The maximum atomic E-state index is 5.47. The minimum atomic E-state index is 0.109. The first-order valence-corrected chi connectivity index (χ1v) is 3.89. The number of rotatable bonds is 2. The van der Waals surface area contributed by atoms with Crippen LogP contribution in [-0.4, -0.2) is 9.78 Å². The second kappa shape index (κ2) is 3.24. The van der Waals surface area contributed by atoms with Gasteiger partial charge in [-0.1, -0.05) is 0 Å². The molecule has 0 bridgehead atoms. The standard InChI is InChI=1S/C7H12ClN3/c1-5-4-11(3)10-7(5)6(2)9-8/h4,6,9H,1-3H3/t6-/m1/s1. The van der Waals surface area contributed by atoms with Crippen LogP contribution in [0.4, 0.5) is 0 Å². The van der Waals surface area contributed by atoms with Gasteiger partial charge in [-0.3, -0.25) is 4.68 Å². The monoisotopic (exact) mass is 173 g/mol. The molecule has 4 heteroatoms. The van der Waals surface area contributed by atoms with Gasteiger partial charge in [0.15, 0.2) is 0 Å². The molecule has 1 aromatic rings. The van der Waals surface area contributed by atoms with Crippen molar-refractivity contribution in [3.63, 3.8) is 0 Å². The maximum Gasteiger partial charge on any atom is 0.0832 e. The predicted octanol–water partition coefficient (Wildman–Crippen LogP) is 1.53. The zero-order valence-electron chi connectivity index (χ0n) is 6.93. The average molecular weight is 174 g/mol. The minimum absolute atomic E-state index is 0.109. The van der Waals surface area contributed by atoms with E-state index in [0.717, 1.165) is 11.3 Å². The molecular weight excluding hydrogens is 162 g/mol. The van der Waals surface area contributed by atoms with Crippen molar-refractivity contribution in [3.05, 3.63) is 17.5 Å². The first-order valence-electron chi connectivity index (χ1n) is 3.51. The highest BCUT2D eigenvalue weighted by Gasteiger charge is 2.09. The van der Waals surface area contributed by atoms with E-state index in [-0.39, 0.29) is 6.04 Å². The van der Waals surface area contributed by atoms with E-state index in [0.29, 0.717) is 0 Å². The molecule has 1 heterocycles. The Bertz CT molecular complexity index is 244. The summed E-state index contributed by atoms with van der Waals surface area (Å²) in [4.78, 5) is 2.63. The van der Waals surface area contributed by atoms with Crippen LogP contribution in [0.1, 0.15) is 24.2 Å². The van der Waals surface area contributed by atoms with Crippen LogP contribution in [0.3, 0.4) is 0 Å². The Morgan fingerprint density at radius 2 is 2.36 bits per heavy atom. The van der Waals surface area contributed by atoms with E-state index in [1.54, 1.807) is 4.68 Å². The van der Waals surface area contributed by atoms with Crippen molar-refractivity contribution in [2.75, 3.05) is 0 Å². The lowest BCUT2D eigenvalue weighted by molar-refractivity contribution is 0.667. The number of hydrogen-bond acceptors (Lipinski definition) is 2. The van der Waals surface area contributed by atoms with Gasteiger partial charge in [0.05, 0.1) is 11.7 Å². The molecule has 62 valence electrons. The lowest BCUT2D eigenvalue weighted by Gasteiger charge is -2.04. The molecule has 0 aliphatic carbocycles. The summed E-state index contributed by atoms with van der Waals surface area (Å²) in [5.74, 6) is 0. The zero-order valence-corrected chi connectivity index (χ0v) is 7.68. The molecule has 11 heavy (non-hydrogen) atoms. The lowest BCUT2D eigenvalue weighted by Crippen LogP contribution is -2.08. The molecule has 0 aliphatic heterocycles. The van der Waals surface area contributed by atoms with Gasteiger partial charge in [-0.15, -0.1) is 0 Å². The van der Waals surface area contributed by atoms with Crippen molar-refractivity contribution in [2.45, 2.75) is 19.9 Å². The maximum absolute atomic E-state index is 5.47. The van der Waals surface area contributed by atoms with Crippen molar-refractivity contribution in [2.24, 2.45) is 7.05 Å². The lowest BCUT2D eigenvalue weighted by atomic mass is 10.2. The number of aromatic nitrogens is 2. The third-order valence-electron chi connectivity index (χ3n) is 1.62. The van der Waals surface area contributed by atoms with Crippen molar-refractivity contribution in [3.8, 4) is 0 Å². The van der Waals surface area contributed by atoms with Crippen molar-refractivity contribution < 1.29 is 0 Å². The van der Waals surface area contributed by atoms with Crippen molar-refractivity contribution in [1.82, 2.24) is 14.6 Å². The van der Waals surface area contributed by atoms with Gasteiger partial charge >= 0.3 is 0 Å². The van der Waals surface area contributed by atoms with E-state index < -0.39 is 0 Å². The average Bonchev–Trinajstić information content (AvgIpc) is 2.28. The summed E-state index contributed by atoms with van der Waals surface area (Å²) >= 11 is 5.47. The highest BCUT2D eigenvalue weighted by molar-refractivity contribution is 6.13. The number of nitrogens with zero attached hydrogens (tertiary/aromatic N) is 2. The van der Waals surface area contributed by atoms with Gasteiger partial charge in [-0.2, -0.15) is 5.10 Å². The molecule has 0 aromatic carbocycles. The predicted molar refractivity (Wildman–Crippen MR) is 45.3 cm³/mol. The van der Waals surface area contributed by atoms with E-state index in [1.807, 2.05) is 27.1 Å². The molecule has 1 rings (SSSR count). The molecule has 0 fully saturated rings. The number of aryl methyl sites for hydroxylation is 2. The Morgan fingerprint density at radius 3 is 2.73 bits per heavy atom. The summed E-state index contributed by atoms with van der Waals surface area (Å²) in [5.41, 5.74) is 2.16. The summed E-state index contributed by atoms with van der Waals surface area (Å²) < 4.78 is 1.79. The van der Waals surface area contributed by atoms with Gasteiger partial charge in [0.1, 0.15) is 0 Å². The van der Waals surface area contributed by atoms with Gasteiger partial charge in [0, 0.05) is 13.2 Å². The molecule has 1 N–H and O–H groups in total. The quantitative estimate of drug-likeness (QED) is 0.688. The SMILES string of the molecule is Cc1cn(C)nc1[C@@H](C)NCl. The van der Waals surface area contributed by atoms with Crippen LogP contribution < -0.4 is 4.84 Å². The number of hydrogen-bond donors (Lipinski definition) is 1. The smallest absolute Gasteiger partial charge is 0.0832 e. The zero-order chi connectivity index (χ0) is 8.43. The molecule has 0 saturated heterocycles. The van der Waals surface area contributed by atoms with Gasteiger partial charge in [-0.25, -0.2) is 4.84 Å². The van der Waals surface area contributed by atoms with E-state index >= 15 is 0 Å². The van der Waals surface area contributed by atoms with Crippen LogP contribution in [0.25, 0.3) is 0 Å². The van der Waals surface area contributed by atoms with Crippen LogP contribution in [0.2, 0.25) is 0 Å². The van der Waals surface area contributed by atoms with Crippen LogP contribution in [-0.2, 0) is 7.05 Å². The Kier molecular flexibility index (Phi) is 2.52. The Balaban J connectivity index is 2.93. The largest absolute Gasteiger partial charge is 0.275 e. The molecule has 1 atom stereocenters. The van der Waals surface area contributed by atoms with Crippen LogP contribution >= 0.6 is 11.8 Å². The Morgan fingerprint density at radius 1 is 1.73 bits per heavy atom. The second-order valence-electron chi connectivity index (χ2n) is 2.70. The molecule has 3 nitrogen and oxygen atoms in total. The third-order valence-corrected chi connectivity index (χ3v) is 1.95. The van der Waals surface area contributed by atoms with Crippen LogP contribution in [0.15, 0.2) is 6.20 Å². The highest BCUT2D eigenvalue weighted by atomic mass is 35.5. The normalized spacial score (nSPS) is 13.5. The van der Waals surface area contributed by atoms with Gasteiger partial charge in [0.2, 0.25) is 0 Å². The molecule has 1 aromatic heterocycles. The molecule has 0 spiro atoms. The van der Waals surface area contributed by atoms with Crippen molar-refractivity contribution in [1.29, 1.82) is 0 Å². The fourth-order valence-corrected chi connectivity index (χ4v) is 1.21. The summed E-state index contributed by atoms with van der Waals surface area (Å²) in [6, 6.07) is 0.109. The summed E-state index contributed by atoms with van der Waals surface area (Å²) in [5, 5.41) is 4.25. The molecule has 0 aliphatic rings. The fraction of sp³-hybridized carbons (Fsp3) is 0.571. The molecule has 0 unspecified atom stereocenters. The first kappa shape index (κ1) is 8.56. The van der Waals surface area contributed by atoms with E-state index in [4.69, 9.17) is 11.8 Å². The van der Waals surface area contributed by atoms with Crippen molar-refractivity contribution >= 4 is 11.8 Å². The number of halogens is 1. The van der Waals surface area contributed by atoms with Crippen LogP contribution in [0.5, 0.6) is 0 Å². The van der Waals surface area contributed by atoms with E-state index in [2.05, 4.69) is 9.93 Å². The molecular formula is C7H12ClN3. The molecule has 0 radical (unpaired) electrons. The van der Waals surface area contributed by atoms with Gasteiger partial charge < -0.3 is 0 Å². The molecule has 0 amide bonds. The Hall–Kier alpha value is -0.540.